The van der Waals surface area contributed by atoms with Crippen LogP contribution in [0.15, 0.2) is 39.4 Å². The summed E-state index contributed by atoms with van der Waals surface area (Å²) in [6, 6.07) is 6.73. The van der Waals surface area contributed by atoms with Gasteiger partial charge in [-0.25, -0.2) is 9.37 Å². The fourth-order valence-electron chi connectivity index (χ4n) is 1.35. The topological polar surface area (TPSA) is 24.9 Å². The molecule has 0 spiro atoms. The summed E-state index contributed by atoms with van der Waals surface area (Å²) in [5, 5.41) is 2.95. The molecule has 2 aromatic rings. The Labute approximate surface area is 116 Å². The van der Waals surface area contributed by atoms with Crippen LogP contribution >= 0.6 is 31.9 Å². The van der Waals surface area contributed by atoms with Gasteiger partial charge in [0.2, 0.25) is 0 Å². The summed E-state index contributed by atoms with van der Waals surface area (Å²) >= 11 is 6.64. The van der Waals surface area contributed by atoms with Gasteiger partial charge in [-0.3, -0.25) is 0 Å². The summed E-state index contributed by atoms with van der Waals surface area (Å²) in [6.07, 6.45) is 1.68. The molecular formula is C12H9Br2FN2. The third kappa shape index (κ3) is 2.84. The molecule has 2 nitrogen and oxygen atoms in total. The van der Waals surface area contributed by atoms with Crippen LogP contribution in [0, 0.1) is 12.7 Å². The van der Waals surface area contributed by atoms with E-state index in [1.165, 1.54) is 6.07 Å². The highest BCUT2D eigenvalue weighted by molar-refractivity contribution is 9.11. The maximum atomic E-state index is 13.6. The quantitative estimate of drug-likeness (QED) is 0.833. The zero-order valence-electron chi connectivity index (χ0n) is 8.97. The number of anilines is 2. The van der Waals surface area contributed by atoms with Crippen LogP contribution in [0.4, 0.5) is 15.9 Å². The van der Waals surface area contributed by atoms with Crippen LogP contribution in [-0.2, 0) is 0 Å². The number of hydrogen-bond donors (Lipinski definition) is 1. The molecule has 1 N–H and O–H groups in total. The lowest BCUT2D eigenvalue weighted by atomic mass is 10.2. The van der Waals surface area contributed by atoms with Gasteiger partial charge in [0.1, 0.15) is 11.6 Å². The number of pyridine rings is 1. The molecule has 0 unspecified atom stereocenters. The van der Waals surface area contributed by atoms with Gasteiger partial charge in [-0.05, 0) is 52.7 Å². The van der Waals surface area contributed by atoms with Gasteiger partial charge in [0, 0.05) is 10.7 Å². The number of rotatable bonds is 2. The second-order valence-electron chi connectivity index (χ2n) is 3.54. The minimum atomic E-state index is -0.324. The molecule has 5 heteroatoms. The summed E-state index contributed by atoms with van der Waals surface area (Å²) in [4.78, 5) is 4.16. The number of nitrogens with one attached hydrogen (secondary N) is 1. The largest absolute Gasteiger partial charge is 0.337 e. The minimum absolute atomic E-state index is 0.324. The lowest BCUT2D eigenvalue weighted by Crippen LogP contribution is -1.98. The van der Waals surface area contributed by atoms with Crippen LogP contribution in [0.1, 0.15) is 5.56 Å². The van der Waals surface area contributed by atoms with Crippen molar-refractivity contribution in [2.24, 2.45) is 0 Å². The van der Waals surface area contributed by atoms with Crippen molar-refractivity contribution < 1.29 is 4.39 Å². The van der Waals surface area contributed by atoms with Gasteiger partial charge in [0.05, 0.1) is 10.2 Å². The first-order valence-electron chi connectivity index (χ1n) is 4.91. The Kier molecular flexibility index (Phi) is 3.79. The highest BCUT2D eigenvalue weighted by Gasteiger charge is 2.07. The summed E-state index contributed by atoms with van der Waals surface area (Å²) in [5.74, 6) is 0.279. The molecule has 0 atom stereocenters. The fourth-order valence-corrected chi connectivity index (χ4v) is 2.01. The van der Waals surface area contributed by atoms with Crippen LogP contribution in [0.25, 0.3) is 0 Å². The van der Waals surface area contributed by atoms with E-state index < -0.39 is 0 Å². The van der Waals surface area contributed by atoms with Gasteiger partial charge >= 0.3 is 0 Å². The molecule has 0 fully saturated rings. The monoisotopic (exact) mass is 358 g/mol. The molecule has 0 saturated heterocycles. The van der Waals surface area contributed by atoms with Gasteiger partial charge in [-0.1, -0.05) is 15.9 Å². The zero-order chi connectivity index (χ0) is 12.4. The summed E-state index contributed by atoms with van der Waals surface area (Å²) in [7, 11) is 0. The van der Waals surface area contributed by atoms with E-state index in [0.29, 0.717) is 16.0 Å². The minimum Gasteiger partial charge on any atom is -0.337 e. The Morgan fingerprint density at radius 1 is 1.24 bits per heavy atom. The molecular weight excluding hydrogens is 351 g/mol. The van der Waals surface area contributed by atoms with E-state index in [1.54, 1.807) is 18.3 Å². The molecule has 0 amide bonds. The molecule has 1 heterocycles. The van der Waals surface area contributed by atoms with Crippen LogP contribution < -0.4 is 5.32 Å². The standard InChI is InChI=1S/C12H9Br2FN2/c1-7-4-5-16-12(11(7)14)17-10-3-2-8(13)6-9(10)15/h2-6H,1H3,(H,16,17). The van der Waals surface area contributed by atoms with E-state index >= 15 is 0 Å². The maximum Gasteiger partial charge on any atom is 0.147 e. The molecule has 88 valence electrons. The highest BCUT2D eigenvalue weighted by atomic mass is 79.9. The van der Waals surface area contributed by atoms with Crippen molar-refractivity contribution in [2.45, 2.75) is 6.92 Å². The Morgan fingerprint density at radius 3 is 2.71 bits per heavy atom. The molecule has 0 radical (unpaired) electrons. The highest BCUT2D eigenvalue weighted by Crippen LogP contribution is 2.28. The van der Waals surface area contributed by atoms with Gasteiger partial charge < -0.3 is 5.32 Å². The van der Waals surface area contributed by atoms with Crippen molar-refractivity contribution in [1.82, 2.24) is 4.98 Å². The van der Waals surface area contributed by atoms with Crippen molar-refractivity contribution in [1.29, 1.82) is 0 Å². The maximum absolute atomic E-state index is 13.6. The number of aromatic nitrogens is 1. The second kappa shape index (κ2) is 5.14. The first kappa shape index (κ1) is 12.5. The molecule has 0 saturated carbocycles. The lowest BCUT2D eigenvalue weighted by Gasteiger charge is -2.10. The van der Waals surface area contributed by atoms with Crippen LogP contribution in [-0.4, -0.2) is 4.98 Å². The van der Waals surface area contributed by atoms with E-state index in [0.717, 1.165) is 10.0 Å². The smallest absolute Gasteiger partial charge is 0.147 e. The fraction of sp³-hybridized carbons (Fsp3) is 0.0833. The Bertz CT molecular complexity index is 558. The number of nitrogens with zero attached hydrogens (tertiary/aromatic N) is 1. The van der Waals surface area contributed by atoms with Crippen molar-refractivity contribution >= 4 is 43.4 Å². The molecule has 0 bridgehead atoms. The second-order valence-corrected chi connectivity index (χ2v) is 5.25. The average molecular weight is 360 g/mol. The normalized spacial score (nSPS) is 10.4. The van der Waals surface area contributed by atoms with Crippen molar-refractivity contribution in [2.75, 3.05) is 5.32 Å². The van der Waals surface area contributed by atoms with E-state index in [1.807, 2.05) is 13.0 Å². The predicted molar refractivity (Wildman–Crippen MR) is 74.1 cm³/mol. The van der Waals surface area contributed by atoms with E-state index in [-0.39, 0.29) is 5.82 Å². The van der Waals surface area contributed by atoms with Crippen LogP contribution in [0.5, 0.6) is 0 Å². The van der Waals surface area contributed by atoms with Gasteiger partial charge in [-0.2, -0.15) is 0 Å². The Balaban J connectivity index is 2.35. The zero-order valence-corrected chi connectivity index (χ0v) is 12.1. The number of hydrogen-bond acceptors (Lipinski definition) is 2. The van der Waals surface area contributed by atoms with Crippen LogP contribution in [0.2, 0.25) is 0 Å². The average Bonchev–Trinajstić information content (AvgIpc) is 2.28. The number of halogens is 3. The third-order valence-electron chi connectivity index (χ3n) is 2.27. The Hall–Kier alpha value is -0.940. The molecule has 1 aromatic carbocycles. The third-order valence-corrected chi connectivity index (χ3v) is 3.76. The van der Waals surface area contributed by atoms with E-state index in [4.69, 9.17) is 0 Å². The number of benzene rings is 1. The Morgan fingerprint density at radius 2 is 2.00 bits per heavy atom. The first-order chi connectivity index (χ1) is 8.08. The molecule has 0 aliphatic heterocycles. The van der Waals surface area contributed by atoms with E-state index in [2.05, 4.69) is 42.2 Å². The predicted octanol–water partition coefficient (Wildman–Crippen LogP) is 4.80. The van der Waals surface area contributed by atoms with Gasteiger partial charge in [0.25, 0.3) is 0 Å². The SMILES string of the molecule is Cc1ccnc(Nc2ccc(Br)cc2F)c1Br. The molecule has 0 aliphatic carbocycles. The van der Waals surface area contributed by atoms with Crippen molar-refractivity contribution in [3.05, 3.63) is 50.8 Å². The summed E-state index contributed by atoms with van der Waals surface area (Å²) < 4.78 is 15.2. The molecule has 1 aromatic heterocycles. The van der Waals surface area contributed by atoms with Gasteiger partial charge in [0.15, 0.2) is 0 Å². The first-order valence-corrected chi connectivity index (χ1v) is 6.49. The molecule has 17 heavy (non-hydrogen) atoms. The van der Waals surface area contributed by atoms with E-state index in [9.17, 15) is 4.39 Å². The van der Waals surface area contributed by atoms with Gasteiger partial charge in [-0.15, -0.1) is 0 Å². The lowest BCUT2D eigenvalue weighted by molar-refractivity contribution is 0.631. The number of aryl methyl sites for hydroxylation is 1. The molecule has 2 rings (SSSR count). The van der Waals surface area contributed by atoms with Crippen molar-refractivity contribution in [3.8, 4) is 0 Å². The summed E-state index contributed by atoms with van der Waals surface area (Å²) in [5.41, 5.74) is 1.44. The summed E-state index contributed by atoms with van der Waals surface area (Å²) in [6.45, 7) is 1.95. The molecule has 0 aliphatic rings. The van der Waals surface area contributed by atoms with Crippen molar-refractivity contribution in [3.63, 3.8) is 0 Å². The van der Waals surface area contributed by atoms with Crippen LogP contribution in [0.3, 0.4) is 0 Å².